The van der Waals surface area contributed by atoms with E-state index >= 15 is 0 Å². The van der Waals surface area contributed by atoms with Crippen LogP contribution in [-0.2, 0) is 6.54 Å². The van der Waals surface area contributed by atoms with Gasteiger partial charge in [-0.25, -0.2) is 4.79 Å². The lowest BCUT2D eigenvalue weighted by atomic mass is 10.2. The Kier molecular flexibility index (Phi) is 4.27. The normalized spacial score (nSPS) is 12.2. The Morgan fingerprint density at radius 3 is 2.84 bits per heavy atom. The molecule has 1 atom stereocenters. The van der Waals surface area contributed by atoms with Crippen molar-refractivity contribution in [1.29, 1.82) is 0 Å². The Labute approximate surface area is 117 Å². The molecule has 2 amide bonds. The molecular weight excluding hydrogens is 260 g/mol. The Morgan fingerprint density at radius 2 is 2.26 bits per heavy atom. The number of nitrogens with zero attached hydrogens (tertiary/aromatic N) is 1. The number of rotatable bonds is 4. The van der Waals surface area contributed by atoms with Crippen LogP contribution in [0.5, 0.6) is 0 Å². The lowest BCUT2D eigenvalue weighted by Crippen LogP contribution is -2.38. The van der Waals surface area contributed by atoms with Crippen molar-refractivity contribution in [3.8, 4) is 0 Å². The lowest BCUT2D eigenvalue weighted by molar-refractivity contribution is 0.187. The summed E-state index contributed by atoms with van der Waals surface area (Å²) in [4.78, 5) is 16.1. The number of aryl methyl sites for hydroxylation is 1. The fraction of sp³-hybridized carbons (Fsp3) is 0.357. The molecule has 0 aromatic carbocycles. The number of furan rings is 1. The average Bonchev–Trinajstić information content (AvgIpc) is 3.05. The molecule has 5 heteroatoms. The van der Waals surface area contributed by atoms with Crippen molar-refractivity contribution in [1.82, 2.24) is 10.2 Å². The van der Waals surface area contributed by atoms with Crippen LogP contribution in [0.3, 0.4) is 0 Å². The van der Waals surface area contributed by atoms with Crippen molar-refractivity contribution in [3.05, 3.63) is 46.0 Å². The number of amides is 2. The van der Waals surface area contributed by atoms with Gasteiger partial charge in [0, 0.05) is 16.8 Å². The van der Waals surface area contributed by atoms with Gasteiger partial charge in [0.05, 0.1) is 18.8 Å². The highest BCUT2D eigenvalue weighted by Gasteiger charge is 2.19. The van der Waals surface area contributed by atoms with E-state index in [9.17, 15) is 4.79 Å². The topological polar surface area (TPSA) is 45.5 Å². The van der Waals surface area contributed by atoms with E-state index < -0.39 is 0 Å². The minimum atomic E-state index is -0.102. The summed E-state index contributed by atoms with van der Waals surface area (Å²) in [5.41, 5.74) is 0. The fourth-order valence-corrected chi connectivity index (χ4v) is 2.59. The second kappa shape index (κ2) is 5.93. The first-order valence-corrected chi connectivity index (χ1v) is 6.99. The predicted octanol–water partition coefficient (Wildman–Crippen LogP) is 3.55. The van der Waals surface area contributed by atoms with Crippen LogP contribution in [0, 0.1) is 6.92 Å². The largest absolute Gasteiger partial charge is 0.467 e. The average molecular weight is 278 g/mol. The van der Waals surface area contributed by atoms with Gasteiger partial charge in [-0.2, -0.15) is 0 Å². The van der Waals surface area contributed by atoms with E-state index in [1.54, 1.807) is 29.5 Å². The molecule has 0 saturated carbocycles. The smallest absolute Gasteiger partial charge is 0.318 e. The first kappa shape index (κ1) is 13.7. The van der Waals surface area contributed by atoms with Crippen molar-refractivity contribution >= 4 is 17.4 Å². The van der Waals surface area contributed by atoms with E-state index in [-0.39, 0.29) is 12.1 Å². The summed E-state index contributed by atoms with van der Waals surface area (Å²) in [6.07, 6.45) is 1.62. The molecule has 0 aliphatic rings. The van der Waals surface area contributed by atoms with Crippen LogP contribution >= 0.6 is 11.3 Å². The summed E-state index contributed by atoms with van der Waals surface area (Å²) in [7, 11) is 1.77. The zero-order valence-electron chi connectivity index (χ0n) is 11.3. The van der Waals surface area contributed by atoms with Gasteiger partial charge in [-0.05, 0) is 38.1 Å². The molecule has 0 spiro atoms. The van der Waals surface area contributed by atoms with Gasteiger partial charge in [0.25, 0.3) is 0 Å². The first-order valence-electron chi connectivity index (χ1n) is 6.17. The maximum absolute atomic E-state index is 12.0. The summed E-state index contributed by atoms with van der Waals surface area (Å²) in [5.74, 6) is 0.782. The molecular formula is C14H18N2O2S. The minimum Gasteiger partial charge on any atom is -0.467 e. The third kappa shape index (κ3) is 3.38. The van der Waals surface area contributed by atoms with Gasteiger partial charge in [0.1, 0.15) is 5.76 Å². The Balaban J connectivity index is 1.89. The summed E-state index contributed by atoms with van der Waals surface area (Å²) in [6, 6.07) is 7.61. The number of urea groups is 1. The van der Waals surface area contributed by atoms with Crippen LogP contribution in [0.1, 0.15) is 28.5 Å². The maximum Gasteiger partial charge on any atom is 0.318 e. The molecule has 0 bridgehead atoms. The number of hydrogen-bond acceptors (Lipinski definition) is 3. The number of thiophene rings is 1. The molecule has 0 radical (unpaired) electrons. The van der Waals surface area contributed by atoms with Crippen LogP contribution in [0.2, 0.25) is 0 Å². The molecule has 2 rings (SSSR count). The highest BCUT2D eigenvalue weighted by Crippen LogP contribution is 2.19. The summed E-state index contributed by atoms with van der Waals surface area (Å²) in [5, 5.41) is 2.91. The zero-order chi connectivity index (χ0) is 13.8. The Hall–Kier alpha value is -1.75. The number of hydrogen-bond donors (Lipinski definition) is 1. The summed E-state index contributed by atoms with van der Waals surface area (Å²) >= 11 is 1.70. The molecule has 0 fully saturated rings. The van der Waals surface area contributed by atoms with Crippen molar-refractivity contribution < 1.29 is 9.21 Å². The van der Waals surface area contributed by atoms with Crippen LogP contribution < -0.4 is 5.32 Å². The van der Waals surface area contributed by atoms with Gasteiger partial charge in [-0.3, -0.25) is 0 Å². The van der Waals surface area contributed by atoms with Crippen LogP contribution in [0.25, 0.3) is 0 Å². The molecule has 2 aromatic heterocycles. The van der Waals surface area contributed by atoms with Gasteiger partial charge >= 0.3 is 6.03 Å². The third-order valence-electron chi connectivity index (χ3n) is 3.07. The van der Waals surface area contributed by atoms with E-state index in [1.165, 1.54) is 4.88 Å². The number of carbonyl (C=O) groups excluding carboxylic acids is 1. The Bertz CT molecular complexity index is 533. The molecule has 2 heterocycles. The van der Waals surface area contributed by atoms with Crippen LogP contribution in [-0.4, -0.2) is 18.0 Å². The molecule has 19 heavy (non-hydrogen) atoms. The molecule has 0 saturated heterocycles. The van der Waals surface area contributed by atoms with Crippen molar-refractivity contribution in [2.24, 2.45) is 0 Å². The molecule has 102 valence electrons. The Morgan fingerprint density at radius 1 is 1.47 bits per heavy atom. The summed E-state index contributed by atoms with van der Waals surface area (Å²) in [6.45, 7) is 4.56. The minimum absolute atomic E-state index is 0.0833. The van der Waals surface area contributed by atoms with Crippen LogP contribution in [0.15, 0.2) is 34.9 Å². The third-order valence-corrected chi connectivity index (χ3v) is 4.07. The van der Waals surface area contributed by atoms with Crippen molar-refractivity contribution in [2.45, 2.75) is 26.4 Å². The molecule has 1 unspecified atom stereocenters. The van der Waals surface area contributed by atoms with E-state index in [4.69, 9.17) is 4.42 Å². The molecule has 4 nitrogen and oxygen atoms in total. The van der Waals surface area contributed by atoms with Crippen molar-refractivity contribution in [2.75, 3.05) is 7.05 Å². The quantitative estimate of drug-likeness (QED) is 0.929. The van der Waals surface area contributed by atoms with E-state index in [2.05, 4.69) is 18.3 Å². The number of carbonyl (C=O) groups is 1. The van der Waals surface area contributed by atoms with Gasteiger partial charge < -0.3 is 14.6 Å². The predicted molar refractivity (Wildman–Crippen MR) is 76.2 cm³/mol. The maximum atomic E-state index is 12.0. The highest BCUT2D eigenvalue weighted by atomic mass is 32.1. The standard InChI is InChI=1S/C14H18N2O2S/c1-10-6-7-12(19-10)9-15-14(17)16(3)11(2)13-5-4-8-18-13/h4-8,11H,9H2,1-3H3,(H,15,17). The second-order valence-corrected chi connectivity index (χ2v) is 5.85. The van der Waals surface area contributed by atoms with E-state index in [1.807, 2.05) is 25.1 Å². The first-order chi connectivity index (χ1) is 9.08. The van der Waals surface area contributed by atoms with Gasteiger partial charge in [0.15, 0.2) is 0 Å². The van der Waals surface area contributed by atoms with Gasteiger partial charge in [-0.1, -0.05) is 0 Å². The highest BCUT2D eigenvalue weighted by molar-refractivity contribution is 7.11. The molecule has 1 N–H and O–H groups in total. The second-order valence-electron chi connectivity index (χ2n) is 4.47. The molecule has 0 aliphatic carbocycles. The SMILES string of the molecule is Cc1ccc(CNC(=O)N(C)C(C)c2ccco2)s1. The fourth-order valence-electron chi connectivity index (χ4n) is 1.76. The number of nitrogens with one attached hydrogen (secondary N) is 1. The van der Waals surface area contributed by atoms with Gasteiger partial charge in [-0.15, -0.1) is 11.3 Å². The van der Waals surface area contributed by atoms with Crippen LogP contribution in [0.4, 0.5) is 4.79 Å². The van der Waals surface area contributed by atoms with Crippen molar-refractivity contribution in [3.63, 3.8) is 0 Å². The van der Waals surface area contributed by atoms with E-state index in [0.29, 0.717) is 6.54 Å². The van der Waals surface area contributed by atoms with Gasteiger partial charge in [0.2, 0.25) is 0 Å². The summed E-state index contributed by atoms with van der Waals surface area (Å²) < 4.78 is 5.31. The van der Waals surface area contributed by atoms with E-state index in [0.717, 1.165) is 10.6 Å². The lowest BCUT2D eigenvalue weighted by Gasteiger charge is -2.23. The molecule has 2 aromatic rings. The monoisotopic (exact) mass is 278 g/mol. The zero-order valence-corrected chi connectivity index (χ0v) is 12.2. The molecule has 0 aliphatic heterocycles.